The lowest BCUT2D eigenvalue weighted by atomic mass is 9.93. The minimum Gasteiger partial charge on any atom is -0.300 e. The third-order valence-electron chi connectivity index (χ3n) is 3.56. The topological polar surface area (TPSA) is 37.8 Å². The lowest BCUT2D eigenvalue weighted by Crippen LogP contribution is -2.25. The molecule has 0 aliphatic heterocycles. The first-order valence-electron chi connectivity index (χ1n) is 7.27. The van der Waals surface area contributed by atoms with Gasteiger partial charge >= 0.3 is 0 Å². The Morgan fingerprint density at radius 1 is 1.33 bits per heavy atom. The quantitative estimate of drug-likeness (QED) is 0.869. The molecular weight excluding hydrogens is 346 g/mol. The summed E-state index contributed by atoms with van der Waals surface area (Å²) in [6, 6.07) is 4.83. The first kappa shape index (κ1) is 15.1. The molecule has 1 saturated carbocycles. The van der Waals surface area contributed by atoms with Crippen LogP contribution in [0.4, 0.5) is 0 Å². The third-order valence-corrected chi connectivity index (χ3v) is 4.94. The third kappa shape index (κ3) is 3.71. The van der Waals surface area contributed by atoms with Gasteiger partial charge in [0.2, 0.25) is 0 Å². The van der Waals surface area contributed by atoms with Gasteiger partial charge in [0, 0.05) is 27.5 Å². The SMILES string of the molecule is CC(C)(C)c1csc(C(NC2CC2)c2ccc(Br)cn2)n1. The molecule has 2 heterocycles. The molecule has 1 aliphatic carbocycles. The predicted octanol–water partition coefficient (Wildman–Crippen LogP) is 4.44. The molecule has 21 heavy (non-hydrogen) atoms. The summed E-state index contributed by atoms with van der Waals surface area (Å²) in [5.74, 6) is 0. The number of hydrogen-bond donors (Lipinski definition) is 1. The highest BCUT2D eigenvalue weighted by Crippen LogP contribution is 2.32. The Morgan fingerprint density at radius 2 is 2.10 bits per heavy atom. The highest BCUT2D eigenvalue weighted by molar-refractivity contribution is 9.10. The fourth-order valence-corrected chi connectivity index (χ4v) is 3.44. The van der Waals surface area contributed by atoms with Crippen molar-refractivity contribution in [3.8, 4) is 0 Å². The summed E-state index contributed by atoms with van der Waals surface area (Å²) in [7, 11) is 0. The van der Waals surface area contributed by atoms with Gasteiger partial charge < -0.3 is 5.32 Å². The van der Waals surface area contributed by atoms with Crippen LogP contribution in [-0.2, 0) is 5.41 Å². The Kier molecular flexibility index (Phi) is 4.17. The van der Waals surface area contributed by atoms with E-state index in [0.717, 1.165) is 20.9 Å². The second-order valence-corrected chi connectivity index (χ2v) is 8.40. The van der Waals surface area contributed by atoms with E-state index in [1.165, 1.54) is 12.8 Å². The van der Waals surface area contributed by atoms with E-state index in [4.69, 9.17) is 4.98 Å². The zero-order chi connectivity index (χ0) is 15.0. The number of thiazole rings is 1. The standard InChI is InChI=1S/C16H20BrN3S/c1-16(2,3)13-9-21-15(20-13)14(19-11-5-6-11)12-7-4-10(17)8-18-12/h4,7-9,11,14,19H,5-6H2,1-3H3. The van der Waals surface area contributed by atoms with Gasteiger partial charge in [0.25, 0.3) is 0 Å². The van der Waals surface area contributed by atoms with Crippen molar-refractivity contribution < 1.29 is 0 Å². The Morgan fingerprint density at radius 3 is 2.62 bits per heavy atom. The molecule has 0 spiro atoms. The maximum Gasteiger partial charge on any atom is 0.116 e. The number of hydrogen-bond acceptors (Lipinski definition) is 4. The molecule has 1 aliphatic rings. The zero-order valence-electron chi connectivity index (χ0n) is 12.6. The highest BCUT2D eigenvalue weighted by Gasteiger charge is 2.29. The van der Waals surface area contributed by atoms with E-state index in [1.807, 2.05) is 12.3 Å². The summed E-state index contributed by atoms with van der Waals surface area (Å²) < 4.78 is 1.01. The van der Waals surface area contributed by atoms with Gasteiger partial charge in [0.15, 0.2) is 0 Å². The highest BCUT2D eigenvalue weighted by atomic mass is 79.9. The largest absolute Gasteiger partial charge is 0.300 e. The molecule has 0 saturated heterocycles. The number of rotatable bonds is 4. The van der Waals surface area contributed by atoms with E-state index < -0.39 is 0 Å². The molecule has 2 aromatic heterocycles. The van der Waals surface area contributed by atoms with Crippen molar-refractivity contribution >= 4 is 27.3 Å². The van der Waals surface area contributed by atoms with Crippen molar-refractivity contribution in [1.82, 2.24) is 15.3 Å². The molecule has 0 radical (unpaired) electrons. The van der Waals surface area contributed by atoms with Gasteiger partial charge in [-0.15, -0.1) is 11.3 Å². The molecule has 1 atom stereocenters. The zero-order valence-corrected chi connectivity index (χ0v) is 15.0. The Hall–Kier alpha value is -0.780. The fraction of sp³-hybridized carbons (Fsp3) is 0.500. The number of nitrogens with zero attached hydrogens (tertiary/aromatic N) is 2. The molecular formula is C16H20BrN3S. The van der Waals surface area contributed by atoms with Crippen LogP contribution in [0.15, 0.2) is 28.2 Å². The molecule has 1 N–H and O–H groups in total. The number of nitrogens with one attached hydrogen (secondary N) is 1. The monoisotopic (exact) mass is 365 g/mol. The molecule has 3 nitrogen and oxygen atoms in total. The van der Waals surface area contributed by atoms with Crippen LogP contribution in [0, 0.1) is 0 Å². The average molecular weight is 366 g/mol. The smallest absolute Gasteiger partial charge is 0.116 e. The molecule has 1 unspecified atom stereocenters. The maximum absolute atomic E-state index is 4.87. The molecule has 112 valence electrons. The minimum absolute atomic E-state index is 0.0893. The van der Waals surface area contributed by atoms with E-state index in [-0.39, 0.29) is 11.5 Å². The van der Waals surface area contributed by atoms with Crippen LogP contribution in [0.3, 0.4) is 0 Å². The predicted molar refractivity (Wildman–Crippen MR) is 90.8 cm³/mol. The molecule has 1 fully saturated rings. The second-order valence-electron chi connectivity index (χ2n) is 6.60. The number of pyridine rings is 1. The van der Waals surface area contributed by atoms with Gasteiger partial charge in [-0.05, 0) is 40.9 Å². The summed E-state index contributed by atoms with van der Waals surface area (Å²) >= 11 is 5.18. The van der Waals surface area contributed by atoms with Crippen LogP contribution >= 0.6 is 27.3 Å². The van der Waals surface area contributed by atoms with Gasteiger partial charge in [-0.3, -0.25) is 4.98 Å². The second kappa shape index (κ2) is 5.78. The van der Waals surface area contributed by atoms with Crippen LogP contribution in [0.1, 0.15) is 56.1 Å². The van der Waals surface area contributed by atoms with Crippen molar-refractivity contribution in [1.29, 1.82) is 0 Å². The number of halogens is 1. The Labute approximate surface area is 138 Å². The van der Waals surface area contributed by atoms with Crippen LogP contribution < -0.4 is 5.32 Å². The normalized spacial score (nSPS) is 17.0. The Bertz CT molecular complexity index is 611. The van der Waals surface area contributed by atoms with Crippen LogP contribution in [0.5, 0.6) is 0 Å². The van der Waals surface area contributed by atoms with Crippen molar-refractivity contribution in [3.05, 3.63) is 44.6 Å². The van der Waals surface area contributed by atoms with Gasteiger partial charge in [-0.1, -0.05) is 20.8 Å². The summed E-state index contributed by atoms with van der Waals surface area (Å²) in [5, 5.41) is 6.97. The minimum atomic E-state index is 0.0893. The van der Waals surface area contributed by atoms with Crippen molar-refractivity contribution in [2.24, 2.45) is 0 Å². The molecule has 3 rings (SSSR count). The van der Waals surface area contributed by atoms with E-state index in [1.54, 1.807) is 11.3 Å². The van der Waals surface area contributed by atoms with Gasteiger partial charge in [-0.25, -0.2) is 4.98 Å². The van der Waals surface area contributed by atoms with E-state index in [9.17, 15) is 0 Å². The van der Waals surface area contributed by atoms with E-state index in [2.05, 4.69) is 58.4 Å². The van der Waals surface area contributed by atoms with Crippen molar-refractivity contribution in [2.75, 3.05) is 0 Å². The molecule has 2 aromatic rings. The van der Waals surface area contributed by atoms with Crippen LogP contribution in [0.25, 0.3) is 0 Å². The van der Waals surface area contributed by atoms with Gasteiger partial charge in [0.1, 0.15) is 11.0 Å². The van der Waals surface area contributed by atoms with Crippen molar-refractivity contribution in [2.45, 2.75) is 51.1 Å². The molecule has 0 amide bonds. The first-order chi connectivity index (χ1) is 9.93. The molecule has 0 bridgehead atoms. The average Bonchev–Trinajstić information content (AvgIpc) is 3.10. The van der Waals surface area contributed by atoms with E-state index >= 15 is 0 Å². The maximum atomic E-state index is 4.87. The number of aromatic nitrogens is 2. The van der Waals surface area contributed by atoms with Crippen LogP contribution in [-0.4, -0.2) is 16.0 Å². The summed E-state index contributed by atoms with van der Waals surface area (Å²) in [6.07, 6.45) is 4.37. The van der Waals surface area contributed by atoms with Crippen LogP contribution in [0.2, 0.25) is 0 Å². The summed E-state index contributed by atoms with van der Waals surface area (Å²) in [4.78, 5) is 9.43. The summed E-state index contributed by atoms with van der Waals surface area (Å²) in [5.41, 5.74) is 2.29. The van der Waals surface area contributed by atoms with E-state index in [0.29, 0.717) is 6.04 Å². The van der Waals surface area contributed by atoms with Gasteiger partial charge in [-0.2, -0.15) is 0 Å². The molecule has 5 heteroatoms. The lowest BCUT2D eigenvalue weighted by molar-refractivity contribution is 0.553. The van der Waals surface area contributed by atoms with Crippen molar-refractivity contribution in [3.63, 3.8) is 0 Å². The lowest BCUT2D eigenvalue weighted by Gasteiger charge is -2.17. The summed E-state index contributed by atoms with van der Waals surface area (Å²) in [6.45, 7) is 6.60. The Balaban J connectivity index is 1.91. The first-order valence-corrected chi connectivity index (χ1v) is 8.94. The van der Waals surface area contributed by atoms with Gasteiger partial charge in [0.05, 0.1) is 11.4 Å². The fourth-order valence-electron chi connectivity index (χ4n) is 2.09. The molecule has 0 aromatic carbocycles.